The molecule has 1 aliphatic rings. The number of amides is 1. The van der Waals surface area contributed by atoms with Crippen LogP contribution in [0.15, 0.2) is 33.5 Å². The van der Waals surface area contributed by atoms with Crippen molar-refractivity contribution in [2.45, 2.75) is 0 Å². The lowest BCUT2D eigenvalue weighted by Gasteiger charge is -2.10. The Morgan fingerprint density at radius 2 is 2.29 bits per heavy atom. The first-order valence-corrected chi connectivity index (χ1v) is 7.57. The molecular weight excluding hydrogens is 338 g/mol. The summed E-state index contributed by atoms with van der Waals surface area (Å²) >= 11 is 11.5. The highest BCUT2D eigenvalue weighted by Gasteiger charge is 2.30. The Morgan fingerprint density at radius 3 is 2.88 bits per heavy atom. The third-order valence-corrected chi connectivity index (χ3v) is 5.00. The first-order chi connectivity index (χ1) is 8.11. The van der Waals surface area contributed by atoms with Crippen molar-refractivity contribution in [1.82, 2.24) is 4.90 Å². The Kier molecular flexibility index (Phi) is 4.19. The van der Waals surface area contributed by atoms with E-state index >= 15 is 0 Å². The van der Waals surface area contributed by atoms with Gasteiger partial charge in [-0.3, -0.25) is 9.69 Å². The highest BCUT2D eigenvalue weighted by molar-refractivity contribution is 9.11. The molecule has 0 spiro atoms. The van der Waals surface area contributed by atoms with Crippen molar-refractivity contribution < 1.29 is 4.79 Å². The summed E-state index contributed by atoms with van der Waals surface area (Å²) in [6.07, 6.45) is 3.55. The molecule has 0 aliphatic carbocycles. The molecule has 1 saturated heterocycles. The average molecular weight is 346 g/mol. The summed E-state index contributed by atoms with van der Waals surface area (Å²) in [5.74, 6) is -0.0376. The van der Waals surface area contributed by atoms with Gasteiger partial charge in [0.2, 0.25) is 0 Å². The molecule has 0 saturated carbocycles. The van der Waals surface area contributed by atoms with Crippen LogP contribution in [-0.2, 0) is 4.79 Å². The maximum atomic E-state index is 12.0. The van der Waals surface area contributed by atoms with Crippen molar-refractivity contribution in [2.24, 2.45) is 0 Å². The molecule has 17 heavy (non-hydrogen) atoms. The lowest BCUT2D eigenvalue weighted by molar-refractivity contribution is -0.121. The standard InChI is InChI=1S/C11H8BrNOS3/c1-2-5-13-10(14)8(17-11(13)15)6-7-3-4-9(12)16-7/h2-4,6H,1,5H2/b8-6+. The predicted octanol–water partition coefficient (Wildman–Crippen LogP) is 3.90. The molecule has 1 aromatic heterocycles. The number of carbonyl (C=O) groups excluding carboxylic acids is 1. The van der Waals surface area contributed by atoms with Crippen LogP contribution >= 0.6 is 51.2 Å². The summed E-state index contributed by atoms with van der Waals surface area (Å²) in [5, 5.41) is 0. The van der Waals surface area contributed by atoms with Crippen molar-refractivity contribution in [2.75, 3.05) is 6.54 Å². The lowest BCUT2D eigenvalue weighted by Crippen LogP contribution is -2.27. The van der Waals surface area contributed by atoms with E-state index in [1.165, 1.54) is 11.8 Å². The molecule has 0 N–H and O–H groups in total. The Morgan fingerprint density at radius 1 is 1.53 bits per heavy atom. The van der Waals surface area contributed by atoms with E-state index < -0.39 is 0 Å². The minimum atomic E-state index is -0.0376. The Hall–Kier alpha value is -0.430. The summed E-state index contributed by atoms with van der Waals surface area (Å²) in [6, 6.07) is 3.93. The molecule has 0 aromatic carbocycles. The van der Waals surface area contributed by atoms with E-state index in [0.29, 0.717) is 15.8 Å². The Balaban J connectivity index is 2.24. The summed E-state index contributed by atoms with van der Waals surface area (Å²) in [7, 11) is 0. The molecule has 1 amide bonds. The van der Waals surface area contributed by atoms with E-state index in [0.717, 1.165) is 8.66 Å². The molecule has 1 aromatic rings. The Bertz CT molecular complexity index is 521. The van der Waals surface area contributed by atoms with E-state index in [1.807, 2.05) is 18.2 Å². The van der Waals surface area contributed by atoms with Gasteiger partial charge in [0.15, 0.2) is 0 Å². The van der Waals surface area contributed by atoms with Crippen LogP contribution in [0.1, 0.15) is 4.88 Å². The number of carbonyl (C=O) groups is 1. The predicted molar refractivity (Wildman–Crippen MR) is 82.1 cm³/mol. The highest BCUT2D eigenvalue weighted by Crippen LogP contribution is 2.34. The molecule has 88 valence electrons. The molecule has 6 heteroatoms. The van der Waals surface area contributed by atoms with Crippen LogP contribution in [0.5, 0.6) is 0 Å². The quantitative estimate of drug-likeness (QED) is 0.470. The highest BCUT2D eigenvalue weighted by atomic mass is 79.9. The third-order valence-electron chi connectivity index (χ3n) is 2.05. The van der Waals surface area contributed by atoms with Gasteiger partial charge in [0.05, 0.1) is 8.69 Å². The molecule has 0 radical (unpaired) electrons. The second-order valence-corrected chi connectivity index (χ2v) is 7.39. The van der Waals surface area contributed by atoms with Crippen molar-refractivity contribution >= 4 is 67.6 Å². The SMILES string of the molecule is C=CCN1C(=O)/C(=C\c2ccc(Br)s2)SC1=S. The fourth-order valence-electron chi connectivity index (χ4n) is 1.32. The second-order valence-electron chi connectivity index (χ2n) is 3.22. The van der Waals surface area contributed by atoms with Gasteiger partial charge in [-0.15, -0.1) is 17.9 Å². The van der Waals surface area contributed by atoms with Crippen LogP contribution in [0.3, 0.4) is 0 Å². The van der Waals surface area contributed by atoms with E-state index in [2.05, 4.69) is 22.5 Å². The van der Waals surface area contributed by atoms with Gasteiger partial charge in [-0.05, 0) is 34.1 Å². The van der Waals surface area contributed by atoms with Crippen LogP contribution in [0.2, 0.25) is 0 Å². The number of rotatable bonds is 3. The van der Waals surface area contributed by atoms with Gasteiger partial charge in [-0.25, -0.2) is 0 Å². The molecule has 2 rings (SSSR count). The van der Waals surface area contributed by atoms with Crippen LogP contribution in [0.25, 0.3) is 6.08 Å². The molecule has 0 bridgehead atoms. The van der Waals surface area contributed by atoms with Crippen molar-refractivity contribution in [3.63, 3.8) is 0 Å². The molecule has 1 fully saturated rings. The summed E-state index contributed by atoms with van der Waals surface area (Å²) in [4.78, 5) is 15.3. The van der Waals surface area contributed by atoms with E-state index in [-0.39, 0.29) is 5.91 Å². The van der Waals surface area contributed by atoms with Crippen molar-refractivity contribution in [3.8, 4) is 0 Å². The fraction of sp³-hybridized carbons (Fsp3) is 0.0909. The van der Waals surface area contributed by atoms with Crippen molar-refractivity contribution in [3.05, 3.63) is 38.4 Å². The zero-order valence-electron chi connectivity index (χ0n) is 8.68. The Labute approximate surface area is 122 Å². The number of thiocarbonyl (C=S) groups is 1. The first kappa shape index (κ1) is 13.0. The number of thiophene rings is 1. The second kappa shape index (κ2) is 5.48. The van der Waals surface area contributed by atoms with Gasteiger partial charge in [0.1, 0.15) is 4.32 Å². The van der Waals surface area contributed by atoms with Crippen LogP contribution in [0, 0.1) is 0 Å². The molecule has 2 heterocycles. The van der Waals surface area contributed by atoms with Gasteiger partial charge in [0, 0.05) is 11.4 Å². The van der Waals surface area contributed by atoms with Crippen molar-refractivity contribution in [1.29, 1.82) is 0 Å². The van der Waals surface area contributed by atoms with Gasteiger partial charge in [-0.2, -0.15) is 0 Å². The number of halogens is 1. The van der Waals surface area contributed by atoms with Gasteiger partial charge in [-0.1, -0.05) is 30.1 Å². The topological polar surface area (TPSA) is 20.3 Å². The van der Waals surface area contributed by atoms with Gasteiger partial charge >= 0.3 is 0 Å². The van der Waals surface area contributed by atoms with E-state index in [4.69, 9.17) is 12.2 Å². The summed E-state index contributed by atoms with van der Waals surface area (Å²) in [5.41, 5.74) is 0. The third kappa shape index (κ3) is 2.88. The summed E-state index contributed by atoms with van der Waals surface area (Å²) < 4.78 is 1.64. The maximum absolute atomic E-state index is 12.0. The van der Waals surface area contributed by atoms with E-state index in [9.17, 15) is 4.79 Å². The number of thioether (sulfide) groups is 1. The first-order valence-electron chi connectivity index (χ1n) is 4.73. The lowest BCUT2D eigenvalue weighted by atomic mass is 10.3. The molecular formula is C11H8BrNOS3. The largest absolute Gasteiger partial charge is 0.289 e. The summed E-state index contributed by atoms with van der Waals surface area (Å²) in [6.45, 7) is 4.09. The van der Waals surface area contributed by atoms with Crippen LogP contribution in [0.4, 0.5) is 0 Å². The zero-order valence-corrected chi connectivity index (χ0v) is 12.7. The molecule has 2 nitrogen and oxygen atoms in total. The number of hydrogen-bond acceptors (Lipinski definition) is 4. The van der Waals surface area contributed by atoms with E-state index in [1.54, 1.807) is 22.3 Å². The average Bonchev–Trinajstić information content (AvgIpc) is 2.79. The molecule has 0 unspecified atom stereocenters. The van der Waals surface area contributed by atoms with Gasteiger partial charge < -0.3 is 0 Å². The normalized spacial score (nSPS) is 18.2. The fourth-order valence-corrected chi connectivity index (χ4v) is 4.03. The number of nitrogens with zero attached hydrogens (tertiary/aromatic N) is 1. The van der Waals surface area contributed by atoms with Crippen LogP contribution in [-0.4, -0.2) is 21.7 Å². The molecule has 0 atom stereocenters. The minimum Gasteiger partial charge on any atom is -0.289 e. The maximum Gasteiger partial charge on any atom is 0.266 e. The van der Waals surface area contributed by atoms with Crippen LogP contribution < -0.4 is 0 Å². The van der Waals surface area contributed by atoms with Gasteiger partial charge in [0.25, 0.3) is 5.91 Å². The smallest absolute Gasteiger partial charge is 0.266 e. The number of hydrogen-bond donors (Lipinski definition) is 0. The monoisotopic (exact) mass is 345 g/mol. The minimum absolute atomic E-state index is 0.0376. The molecule has 1 aliphatic heterocycles. The zero-order chi connectivity index (χ0) is 12.4.